The quantitative estimate of drug-likeness (QED) is 0.696. The molecule has 0 aliphatic heterocycles. The summed E-state index contributed by atoms with van der Waals surface area (Å²) in [7, 11) is 1.53. The second-order valence-corrected chi connectivity index (χ2v) is 5.57. The average Bonchev–Trinajstić information content (AvgIpc) is 2.88. The van der Waals surface area contributed by atoms with Crippen molar-refractivity contribution in [2.24, 2.45) is 0 Å². The first-order valence-electron chi connectivity index (χ1n) is 6.45. The van der Waals surface area contributed by atoms with Crippen molar-refractivity contribution in [2.45, 2.75) is 6.36 Å². The zero-order chi connectivity index (χ0) is 16.6. The summed E-state index contributed by atoms with van der Waals surface area (Å²) in [6, 6.07) is 9.34. The summed E-state index contributed by atoms with van der Waals surface area (Å²) >= 11 is 3.37. The topological polar surface area (TPSA) is 47.1 Å². The van der Waals surface area contributed by atoms with Gasteiger partial charge in [-0.15, -0.1) is 13.2 Å². The molecule has 0 spiro atoms. The van der Waals surface area contributed by atoms with E-state index < -0.39 is 6.36 Å². The van der Waals surface area contributed by atoms with Crippen molar-refractivity contribution < 1.29 is 22.6 Å². The maximum atomic E-state index is 12.3. The monoisotopic (exact) mass is 386 g/mol. The van der Waals surface area contributed by atoms with Gasteiger partial charge >= 0.3 is 6.36 Å². The lowest BCUT2D eigenvalue weighted by atomic mass is 10.2. The van der Waals surface area contributed by atoms with E-state index in [9.17, 15) is 13.2 Å². The van der Waals surface area contributed by atoms with Gasteiger partial charge in [-0.2, -0.15) is 0 Å². The summed E-state index contributed by atoms with van der Waals surface area (Å²) < 4.78 is 46.9. The number of halogens is 4. The molecule has 0 aliphatic carbocycles. The van der Waals surface area contributed by atoms with Crippen molar-refractivity contribution >= 4 is 27.0 Å². The number of H-pyrrole nitrogens is 1. The van der Waals surface area contributed by atoms with Gasteiger partial charge in [-0.05, 0) is 30.3 Å². The summed E-state index contributed by atoms with van der Waals surface area (Å²) in [5.74, 6) is 0.769. The van der Waals surface area contributed by atoms with Crippen LogP contribution in [-0.2, 0) is 0 Å². The van der Waals surface area contributed by atoms with E-state index in [4.69, 9.17) is 4.74 Å². The Balaban J connectivity index is 2.05. The van der Waals surface area contributed by atoms with Crippen molar-refractivity contribution in [3.8, 4) is 22.9 Å². The van der Waals surface area contributed by atoms with Gasteiger partial charge in [0.1, 0.15) is 17.3 Å². The van der Waals surface area contributed by atoms with Gasteiger partial charge < -0.3 is 14.5 Å². The minimum absolute atomic E-state index is 0.316. The van der Waals surface area contributed by atoms with Crippen LogP contribution in [0.15, 0.2) is 40.9 Å². The van der Waals surface area contributed by atoms with Crippen LogP contribution in [0.1, 0.15) is 0 Å². The molecule has 1 N–H and O–H groups in total. The SMILES string of the molecule is COc1ccc(Br)cc1-c1nc2cc(OC(F)(F)F)ccc2[nH]1. The highest BCUT2D eigenvalue weighted by atomic mass is 79.9. The fourth-order valence-electron chi connectivity index (χ4n) is 2.18. The van der Waals surface area contributed by atoms with E-state index in [-0.39, 0.29) is 5.75 Å². The van der Waals surface area contributed by atoms with Crippen LogP contribution >= 0.6 is 15.9 Å². The van der Waals surface area contributed by atoms with Crippen molar-refractivity contribution in [1.82, 2.24) is 9.97 Å². The van der Waals surface area contributed by atoms with Gasteiger partial charge in [0.05, 0.1) is 23.7 Å². The predicted octanol–water partition coefficient (Wildman–Crippen LogP) is 4.90. The molecule has 3 rings (SSSR count). The highest BCUT2D eigenvalue weighted by Crippen LogP contribution is 2.33. The normalized spacial score (nSPS) is 11.7. The van der Waals surface area contributed by atoms with Gasteiger partial charge in [-0.1, -0.05) is 15.9 Å². The molecule has 2 aromatic carbocycles. The van der Waals surface area contributed by atoms with E-state index in [0.717, 1.165) is 4.47 Å². The van der Waals surface area contributed by atoms with Crippen LogP contribution in [0.25, 0.3) is 22.4 Å². The molecule has 0 bridgehead atoms. The summed E-state index contributed by atoms with van der Waals surface area (Å²) in [6.07, 6.45) is -4.74. The van der Waals surface area contributed by atoms with Crippen LogP contribution in [0.2, 0.25) is 0 Å². The Bertz CT molecular complexity index is 862. The Labute approximate surface area is 137 Å². The van der Waals surface area contributed by atoms with E-state index in [1.165, 1.54) is 25.3 Å². The minimum Gasteiger partial charge on any atom is -0.496 e. The van der Waals surface area contributed by atoms with Gasteiger partial charge in [-0.3, -0.25) is 0 Å². The number of nitrogens with zero attached hydrogens (tertiary/aromatic N) is 1. The first-order valence-corrected chi connectivity index (χ1v) is 7.24. The first kappa shape index (κ1) is 15.7. The number of ether oxygens (including phenoxy) is 2. The smallest absolute Gasteiger partial charge is 0.496 e. The zero-order valence-electron chi connectivity index (χ0n) is 11.7. The lowest BCUT2D eigenvalue weighted by Crippen LogP contribution is -2.16. The average molecular weight is 387 g/mol. The molecule has 1 aromatic heterocycles. The van der Waals surface area contributed by atoms with E-state index in [2.05, 4.69) is 30.6 Å². The Morgan fingerprint density at radius 3 is 2.61 bits per heavy atom. The molecule has 0 aliphatic rings. The van der Waals surface area contributed by atoms with Gasteiger partial charge in [0.25, 0.3) is 0 Å². The molecule has 23 heavy (non-hydrogen) atoms. The number of hydrogen-bond acceptors (Lipinski definition) is 3. The number of rotatable bonds is 3. The number of aromatic amines is 1. The van der Waals surface area contributed by atoms with E-state index in [1.807, 2.05) is 12.1 Å². The standard InChI is InChI=1S/C15H10BrF3N2O2/c1-22-13-5-2-8(16)6-10(13)14-20-11-4-3-9(7-12(11)21-14)23-15(17,18)19/h2-7H,1H3,(H,20,21). The molecular weight excluding hydrogens is 377 g/mol. The number of fused-ring (bicyclic) bond motifs is 1. The second-order valence-electron chi connectivity index (χ2n) is 4.66. The number of alkyl halides is 3. The maximum absolute atomic E-state index is 12.3. The highest BCUT2D eigenvalue weighted by Gasteiger charge is 2.31. The van der Waals surface area contributed by atoms with Crippen molar-refractivity contribution in [3.63, 3.8) is 0 Å². The first-order chi connectivity index (χ1) is 10.9. The molecule has 0 atom stereocenters. The Morgan fingerprint density at radius 2 is 1.91 bits per heavy atom. The van der Waals surface area contributed by atoms with E-state index in [0.29, 0.717) is 28.2 Å². The fourth-order valence-corrected chi connectivity index (χ4v) is 2.54. The Kier molecular flexibility index (Phi) is 3.93. The summed E-state index contributed by atoms with van der Waals surface area (Å²) in [5.41, 5.74) is 1.65. The number of methoxy groups -OCH3 is 1. The molecule has 0 fully saturated rings. The summed E-state index contributed by atoms with van der Waals surface area (Å²) in [4.78, 5) is 7.37. The largest absolute Gasteiger partial charge is 0.573 e. The molecule has 120 valence electrons. The molecule has 8 heteroatoms. The molecule has 0 saturated heterocycles. The maximum Gasteiger partial charge on any atom is 0.573 e. The number of imidazole rings is 1. The van der Waals surface area contributed by atoms with Crippen molar-refractivity contribution in [3.05, 3.63) is 40.9 Å². The van der Waals surface area contributed by atoms with E-state index >= 15 is 0 Å². The highest BCUT2D eigenvalue weighted by molar-refractivity contribution is 9.10. The third-order valence-electron chi connectivity index (χ3n) is 3.10. The molecule has 4 nitrogen and oxygen atoms in total. The van der Waals surface area contributed by atoms with Crippen LogP contribution in [-0.4, -0.2) is 23.4 Å². The predicted molar refractivity (Wildman–Crippen MR) is 82.5 cm³/mol. The van der Waals surface area contributed by atoms with Crippen LogP contribution < -0.4 is 9.47 Å². The summed E-state index contributed by atoms with van der Waals surface area (Å²) in [6.45, 7) is 0. The molecule has 1 heterocycles. The number of nitrogens with one attached hydrogen (secondary N) is 1. The van der Waals surface area contributed by atoms with E-state index in [1.54, 1.807) is 6.07 Å². The third-order valence-corrected chi connectivity index (χ3v) is 3.60. The van der Waals surface area contributed by atoms with Crippen molar-refractivity contribution in [1.29, 1.82) is 0 Å². The zero-order valence-corrected chi connectivity index (χ0v) is 13.3. The van der Waals surface area contributed by atoms with Crippen molar-refractivity contribution in [2.75, 3.05) is 7.11 Å². The molecule has 0 unspecified atom stereocenters. The van der Waals surface area contributed by atoms with Crippen LogP contribution in [0, 0.1) is 0 Å². The molecule has 0 saturated carbocycles. The minimum atomic E-state index is -4.74. The molecule has 3 aromatic rings. The third kappa shape index (κ3) is 3.42. The lowest BCUT2D eigenvalue weighted by molar-refractivity contribution is -0.274. The van der Waals surface area contributed by atoms with Crippen LogP contribution in [0.5, 0.6) is 11.5 Å². The van der Waals surface area contributed by atoms with Gasteiger partial charge in [0.2, 0.25) is 0 Å². The van der Waals surface area contributed by atoms with Crippen LogP contribution in [0.3, 0.4) is 0 Å². The van der Waals surface area contributed by atoms with Gasteiger partial charge in [-0.25, -0.2) is 4.98 Å². The Hall–Kier alpha value is -2.22. The molecular formula is C15H10BrF3N2O2. The summed E-state index contributed by atoms with van der Waals surface area (Å²) in [5, 5.41) is 0. The number of hydrogen-bond donors (Lipinski definition) is 1. The van der Waals surface area contributed by atoms with Gasteiger partial charge in [0.15, 0.2) is 0 Å². The molecule has 0 amide bonds. The number of benzene rings is 2. The number of aromatic nitrogens is 2. The fraction of sp³-hybridized carbons (Fsp3) is 0.133. The van der Waals surface area contributed by atoms with Crippen LogP contribution in [0.4, 0.5) is 13.2 Å². The Morgan fingerprint density at radius 1 is 1.13 bits per heavy atom. The lowest BCUT2D eigenvalue weighted by Gasteiger charge is -2.07. The molecule has 0 radical (unpaired) electrons. The van der Waals surface area contributed by atoms with Gasteiger partial charge in [0, 0.05) is 10.5 Å². The second kappa shape index (κ2) is 5.77.